The van der Waals surface area contributed by atoms with Crippen molar-refractivity contribution in [2.24, 2.45) is 7.05 Å². The fraction of sp³-hybridized carbons (Fsp3) is 0.111. The number of nitrogens with zero attached hydrogens (tertiary/aromatic N) is 2. The maximum absolute atomic E-state index is 11.2. The van der Waals surface area contributed by atoms with Gasteiger partial charge in [0.2, 0.25) is 0 Å². The summed E-state index contributed by atoms with van der Waals surface area (Å²) < 4.78 is 1.59. The molecule has 0 unspecified atom stereocenters. The van der Waals surface area contributed by atoms with Gasteiger partial charge < -0.3 is 4.57 Å². The lowest BCUT2D eigenvalue weighted by Gasteiger charge is -2.01. The minimum atomic E-state index is -0.00417. The molecular formula is C9H8N2O. The molecule has 0 atom stereocenters. The quantitative estimate of drug-likeness (QED) is 0.574. The van der Waals surface area contributed by atoms with E-state index in [2.05, 4.69) is 4.98 Å². The second-order valence-corrected chi connectivity index (χ2v) is 2.67. The van der Waals surface area contributed by atoms with Crippen molar-refractivity contribution in [1.29, 1.82) is 0 Å². The van der Waals surface area contributed by atoms with E-state index in [9.17, 15) is 4.79 Å². The lowest BCUT2D eigenvalue weighted by atomic mass is 10.2. The molecule has 0 spiro atoms. The molecule has 0 aliphatic heterocycles. The Morgan fingerprint density at radius 2 is 2.17 bits per heavy atom. The maximum Gasteiger partial charge on any atom is 0.250 e. The fourth-order valence-electron chi connectivity index (χ4n) is 1.21. The Bertz CT molecular complexity index is 473. The largest absolute Gasteiger partial charge is 0.310 e. The van der Waals surface area contributed by atoms with Crippen molar-refractivity contribution in [3.05, 3.63) is 40.9 Å². The van der Waals surface area contributed by atoms with Crippen molar-refractivity contribution in [2.75, 3.05) is 0 Å². The van der Waals surface area contributed by atoms with Gasteiger partial charge in [0, 0.05) is 24.7 Å². The Hall–Kier alpha value is -1.64. The first kappa shape index (κ1) is 7.03. The van der Waals surface area contributed by atoms with Crippen LogP contribution >= 0.6 is 0 Å². The van der Waals surface area contributed by atoms with Crippen LogP contribution in [0.2, 0.25) is 0 Å². The Morgan fingerprint density at radius 3 is 3.00 bits per heavy atom. The monoisotopic (exact) mass is 160 g/mol. The highest BCUT2D eigenvalue weighted by Gasteiger charge is 1.96. The van der Waals surface area contributed by atoms with Crippen molar-refractivity contribution in [3.8, 4) is 0 Å². The van der Waals surface area contributed by atoms with Crippen LogP contribution < -0.4 is 5.56 Å². The third kappa shape index (κ3) is 0.906. The van der Waals surface area contributed by atoms with Crippen LogP contribution in [0.3, 0.4) is 0 Å². The standard InChI is InChI=1S/C9H8N2O/c1-11-8-6-10-5-4-7(8)2-3-9(11)12/h2-6H,1H3. The Morgan fingerprint density at radius 1 is 1.33 bits per heavy atom. The van der Waals surface area contributed by atoms with Crippen molar-refractivity contribution in [1.82, 2.24) is 9.55 Å². The molecule has 2 heterocycles. The van der Waals surface area contributed by atoms with E-state index >= 15 is 0 Å². The van der Waals surface area contributed by atoms with Gasteiger partial charge in [-0.15, -0.1) is 0 Å². The topological polar surface area (TPSA) is 34.9 Å². The molecule has 0 aliphatic carbocycles. The van der Waals surface area contributed by atoms with Crippen LogP contribution in [0.4, 0.5) is 0 Å². The minimum absolute atomic E-state index is 0.00417. The summed E-state index contributed by atoms with van der Waals surface area (Å²) >= 11 is 0. The highest BCUT2D eigenvalue weighted by molar-refractivity contribution is 5.77. The van der Waals surface area contributed by atoms with Crippen LogP contribution in [0.25, 0.3) is 10.9 Å². The average Bonchev–Trinajstić information content (AvgIpc) is 2.12. The van der Waals surface area contributed by atoms with Gasteiger partial charge in [0.15, 0.2) is 0 Å². The van der Waals surface area contributed by atoms with E-state index in [0.717, 1.165) is 10.9 Å². The van der Waals surface area contributed by atoms with Crippen LogP contribution in [0.15, 0.2) is 35.4 Å². The molecule has 0 bridgehead atoms. The zero-order valence-corrected chi connectivity index (χ0v) is 6.69. The molecule has 2 rings (SSSR count). The molecule has 2 aromatic rings. The van der Waals surface area contributed by atoms with Crippen LogP contribution in [0.1, 0.15) is 0 Å². The molecule has 0 N–H and O–H groups in total. The molecule has 0 aliphatic rings. The third-order valence-corrected chi connectivity index (χ3v) is 1.93. The van der Waals surface area contributed by atoms with Crippen LogP contribution in [0.5, 0.6) is 0 Å². The highest BCUT2D eigenvalue weighted by Crippen LogP contribution is 2.06. The van der Waals surface area contributed by atoms with Crippen LogP contribution in [-0.2, 0) is 7.05 Å². The molecule has 12 heavy (non-hydrogen) atoms. The summed E-state index contributed by atoms with van der Waals surface area (Å²) in [5.74, 6) is 0. The summed E-state index contributed by atoms with van der Waals surface area (Å²) in [6, 6.07) is 5.25. The lowest BCUT2D eigenvalue weighted by Crippen LogP contribution is -2.14. The minimum Gasteiger partial charge on any atom is -0.310 e. The molecule has 60 valence electrons. The molecule has 0 radical (unpaired) electrons. The Balaban J connectivity index is 3.01. The van der Waals surface area contributed by atoms with E-state index in [1.54, 1.807) is 36.1 Å². The summed E-state index contributed by atoms with van der Waals surface area (Å²) in [6.07, 6.45) is 3.41. The van der Waals surface area contributed by atoms with E-state index in [1.165, 1.54) is 0 Å². The number of fused-ring (bicyclic) bond motifs is 1. The van der Waals surface area contributed by atoms with Gasteiger partial charge in [0.25, 0.3) is 5.56 Å². The predicted molar refractivity (Wildman–Crippen MR) is 47.0 cm³/mol. The molecule has 0 amide bonds. The van der Waals surface area contributed by atoms with Gasteiger partial charge in [-0.25, -0.2) is 0 Å². The van der Waals surface area contributed by atoms with Gasteiger partial charge in [-0.1, -0.05) is 0 Å². The average molecular weight is 160 g/mol. The molecule has 3 heteroatoms. The SMILES string of the molecule is Cn1c(=O)ccc2ccncc21. The maximum atomic E-state index is 11.2. The number of aromatic nitrogens is 2. The van der Waals surface area contributed by atoms with Gasteiger partial charge in [-0.05, 0) is 12.1 Å². The van der Waals surface area contributed by atoms with Crippen molar-refractivity contribution < 1.29 is 0 Å². The smallest absolute Gasteiger partial charge is 0.250 e. The lowest BCUT2D eigenvalue weighted by molar-refractivity contribution is 0.902. The number of hydrogen-bond donors (Lipinski definition) is 0. The van der Waals surface area contributed by atoms with Crippen molar-refractivity contribution in [3.63, 3.8) is 0 Å². The van der Waals surface area contributed by atoms with E-state index in [1.807, 2.05) is 6.07 Å². The van der Waals surface area contributed by atoms with Gasteiger partial charge in [-0.2, -0.15) is 0 Å². The molecule has 0 fully saturated rings. The highest BCUT2D eigenvalue weighted by atomic mass is 16.1. The van der Waals surface area contributed by atoms with Gasteiger partial charge >= 0.3 is 0 Å². The number of hydrogen-bond acceptors (Lipinski definition) is 2. The van der Waals surface area contributed by atoms with E-state index in [0.29, 0.717) is 0 Å². The van der Waals surface area contributed by atoms with E-state index in [-0.39, 0.29) is 5.56 Å². The van der Waals surface area contributed by atoms with Gasteiger partial charge in [0.05, 0.1) is 11.7 Å². The second kappa shape index (κ2) is 2.44. The number of rotatable bonds is 0. The first-order valence-corrected chi connectivity index (χ1v) is 3.69. The third-order valence-electron chi connectivity index (χ3n) is 1.93. The van der Waals surface area contributed by atoms with Gasteiger partial charge in [-0.3, -0.25) is 9.78 Å². The van der Waals surface area contributed by atoms with Crippen molar-refractivity contribution in [2.45, 2.75) is 0 Å². The van der Waals surface area contributed by atoms with Crippen LogP contribution in [0, 0.1) is 0 Å². The molecule has 0 saturated heterocycles. The summed E-state index contributed by atoms with van der Waals surface area (Å²) in [5.41, 5.74) is 0.862. The Labute approximate surface area is 69.3 Å². The summed E-state index contributed by atoms with van der Waals surface area (Å²) in [4.78, 5) is 15.1. The zero-order chi connectivity index (χ0) is 8.55. The summed E-state index contributed by atoms with van der Waals surface area (Å²) in [7, 11) is 1.74. The van der Waals surface area contributed by atoms with Crippen LogP contribution in [-0.4, -0.2) is 9.55 Å². The number of pyridine rings is 2. The first-order chi connectivity index (χ1) is 5.79. The molecule has 3 nitrogen and oxygen atoms in total. The molecule has 2 aromatic heterocycles. The van der Waals surface area contributed by atoms with Gasteiger partial charge in [0.1, 0.15) is 0 Å². The molecule has 0 aromatic carbocycles. The second-order valence-electron chi connectivity index (χ2n) is 2.67. The summed E-state index contributed by atoms with van der Waals surface area (Å²) in [5, 5.41) is 1.03. The summed E-state index contributed by atoms with van der Waals surface area (Å²) in [6.45, 7) is 0. The van der Waals surface area contributed by atoms with E-state index < -0.39 is 0 Å². The normalized spacial score (nSPS) is 10.4. The predicted octanol–water partition coefficient (Wildman–Crippen LogP) is 0.933. The molecular weight excluding hydrogens is 152 g/mol. The van der Waals surface area contributed by atoms with Crippen molar-refractivity contribution >= 4 is 10.9 Å². The molecule has 0 saturated carbocycles. The first-order valence-electron chi connectivity index (χ1n) is 3.69. The Kier molecular flexibility index (Phi) is 1.43. The number of aryl methyl sites for hydroxylation is 1. The fourth-order valence-corrected chi connectivity index (χ4v) is 1.21. The zero-order valence-electron chi connectivity index (χ0n) is 6.69. The van der Waals surface area contributed by atoms with E-state index in [4.69, 9.17) is 0 Å².